The van der Waals surface area contributed by atoms with Crippen molar-refractivity contribution < 1.29 is 15.0 Å². The van der Waals surface area contributed by atoms with E-state index < -0.39 is 0 Å². The minimum absolute atomic E-state index is 0.0534. The fraction of sp³-hybridized carbons (Fsp3) is 0.278. The molecule has 0 aromatic heterocycles. The Morgan fingerprint density at radius 1 is 0.917 bits per heavy atom. The summed E-state index contributed by atoms with van der Waals surface area (Å²) in [4.78, 5) is 14.1. The molecule has 0 unspecified atom stereocenters. The second kappa shape index (κ2) is 7.40. The summed E-state index contributed by atoms with van der Waals surface area (Å²) in [5.74, 6) is 0.446. The molecule has 0 spiro atoms. The van der Waals surface area contributed by atoms with Crippen LogP contribution in [-0.4, -0.2) is 19.8 Å². The predicted molar refractivity (Wildman–Crippen MR) is 97.1 cm³/mol. The van der Waals surface area contributed by atoms with Crippen LogP contribution < -0.4 is 0 Å². The molecule has 0 atom stereocenters. The van der Waals surface area contributed by atoms with E-state index in [9.17, 15) is 15.0 Å². The molecule has 2 aromatic carbocycles. The van der Waals surface area contributed by atoms with Gasteiger partial charge in [0.15, 0.2) is 0 Å². The Morgan fingerprint density at radius 2 is 1.38 bits per heavy atom. The number of rotatable bonds is 0. The zero-order valence-corrected chi connectivity index (χ0v) is 15.0. The number of amides is 1. The number of carbonyl (C=O) groups excluding carboxylic acids is 1. The van der Waals surface area contributed by atoms with Crippen LogP contribution in [0.25, 0.3) is 0 Å². The lowest BCUT2D eigenvalue weighted by atomic mass is 10.0. The molecule has 24 heavy (non-hydrogen) atoms. The number of hydrogen-bond donors (Lipinski definition) is 2. The Kier molecular flexibility index (Phi) is 5.26. The van der Waals surface area contributed by atoms with Crippen molar-refractivity contribution in [2.45, 2.75) is 42.4 Å². The van der Waals surface area contributed by atoms with Gasteiger partial charge >= 0.3 is 0 Å². The summed E-state index contributed by atoms with van der Waals surface area (Å²) < 4.78 is 1.65. The van der Waals surface area contributed by atoms with E-state index in [2.05, 4.69) is 0 Å². The van der Waals surface area contributed by atoms with Crippen LogP contribution in [-0.2, 0) is 17.6 Å². The summed E-state index contributed by atoms with van der Waals surface area (Å²) in [6.45, 7) is 1.54. The van der Waals surface area contributed by atoms with E-state index >= 15 is 0 Å². The molecule has 2 aromatic rings. The van der Waals surface area contributed by atoms with Gasteiger partial charge in [0.05, 0.1) is 0 Å². The van der Waals surface area contributed by atoms with Crippen molar-refractivity contribution >= 4 is 29.8 Å². The van der Waals surface area contributed by atoms with Gasteiger partial charge in [0.1, 0.15) is 11.5 Å². The van der Waals surface area contributed by atoms with Crippen LogP contribution in [0.15, 0.2) is 46.2 Å². The Bertz CT molecular complexity index is 706. The Balaban J connectivity index is 1.98. The van der Waals surface area contributed by atoms with Crippen LogP contribution in [0.2, 0.25) is 0 Å². The molecular formula is C18H19NO3S2. The maximum absolute atomic E-state index is 12.1. The van der Waals surface area contributed by atoms with Crippen molar-refractivity contribution in [1.82, 2.24) is 3.71 Å². The standard InChI is InChI=1S/C18H19NO3S2/c1-12(20)19-23-17-8-6-15(21)10-13(17)4-2-3-5-14-11-16(22)7-9-18(14)24-19/h6-11,21-22H,2-5H2,1H3. The van der Waals surface area contributed by atoms with Gasteiger partial charge < -0.3 is 10.2 Å². The summed E-state index contributed by atoms with van der Waals surface area (Å²) in [7, 11) is 0. The van der Waals surface area contributed by atoms with Crippen LogP contribution in [0.1, 0.15) is 30.9 Å². The highest BCUT2D eigenvalue weighted by atomic mass is 32.2. The summed E-state index contributed by atoms with van der Waals surface area (Å²) in [5.41, 5.74) is 2.11. The van der Waals surface area contributed by atoms with Crippen LogP contribution in [0.5, 0.6) is 11.5 Å². The van der Waals surface area contributed by atoms with Gasteiger partial charge in [-0.05, 0) is 73.2 Å². The topological polar surface area (TPSA) is 60.8 Å². The number of aryl methyl sites for hydroxylation is 2. The van der Waals surface area contributed by atoms with Crippen LogP contribution in [0.4, 0.5) is 0 Å². The van der Waals surface area contributed by atoms with Gasteiger partial charge in [0, 0.05) is 40.6 Å². The minimum Gasteiger partial charge on any atom is -0.508 e. The summed E-state index contributed by atoms with van der Waals surface area (Å²) in [5, 5.41) is 19.5. The first kappa shape index (κ1) is 17.0. The van der Waals surface area contributed by atoms with Crippen molar-refractivity contribution in [2.24, 2.45) is 0 Å². The third-order valence-corrected chi connectivity index (χ3v) is 6.33. The van der Waals surface area contributed by atoms with Gasteiger partial charge in [-0.25, -0.2) is 3.71 Å². The fourth-order valence-electron chi connectivity index (χ4n) is 2.66. The van der Waals surface area contributed by atoms with E-state index in [1.165, 1.54) is 23.9 Å². The van der Waals surface area contributed by atoms with Gasteiger partial charge in [-0.3, -0.25) is 4.79 Å². The number of nitrogens with zero attached hydrogens (tertiary/aromatic N) is 1. The first-order valence-corrected chi connectivity index (χ1v) is 9.38. The SMILES string of the molecule is CC(=O)N1Sc2ccc(O)cc2CCCCc2cc(O)ccc2S1. The monoisotopic (exact) mass is 361 g/mol. The smallest absolute Gasteiger partial charge is 0.240 e. The minimum atomic E-state index is -0.0534. The number of aromatic hydroxyl groups is 2. The Labute approximate surface area is 150 Å². The van der Waals surface area contributed by atoms with Crippen molar-refractivity contribution in [3.05, 3.63) is 47.5 Å². The summed E-state index contributed by atoms with van der Waals surface area (Å²) in [6.07, 6.45) is 3.66. The lowest BCUT2D eigenvalue weighted by Crippen LogP contribution is -2.13. The van der Waals surface area contributed by atoms with Gasteiger partial charge in [-0.2, -0.15) is 0 Å². The molecule has 3 rings (SSSR count). The van der Waals surface area contributed by atoms with Crippen molar-refractivity contribution in [1.29, 1.82) is 0 Å². The van der Waals surface area contributed by atoms with Gasteiger partial charge in [-0.15, -0.1) is 0 Å². The van der Waals surface area contributed by atoms with E-state index in [1.807, 2.05) is 12.1 Å². The maximum atomic E-state index is 12.1. The molecule has 1 aliphatic rings. The van der Waals surface area contributed by atoms with Crippen LogP contribution in [0.3, 0.4) is 0 Å². The maximum Gasteiger partial charge on any atom is 0.240 e. The molecular weight excluding hydrogens is 342 g/mol. The number of benzene rings is 2. The molecule has 0 fully saturated rings. The molecule has 1 amide bonds. The van der Waals surface area contributed by atoms with Gasteiger partial charge in [0.2, 0.25) is 5.91 Å². The van der Waals surface area contributed by atoms with Crippen molar-refractivity contribution in [3.8, 4) is 11.5 Å². The fourth-order valence-corrected chi connectivity index (χ4v) is 4.72. The summed E-state index contributed by atoms with van der Waals surface area (Å²) >= 11 is 2.76. The largest absolute Gasteiger partial charge is 0.508 e. The molecule has 0 saturated carbocycles. The molecule has 0 radical (unpaired) electrons. The number of fused-ring (bicyclic) bond motifs is 2. The predicted octanol–water partition coefficient (Wildman–Crippen LogP) is 4.54. The molecule has 0 aliphatic carbocycles. The quantitative estimate of drug-likeness (QED) is 0.675. The molecule has 126 valence electrons. The average Bonchev–Trinajstić information content (AvgIpc) is 2.57. The lowest BCUT2D eigenvalue weighted by Gasteiger charge is -2.20. The second-order valence-corrected chi connectivity index (χ2v) is 7.96. The molecule has 1 aliphatic heterocycles. The van der Waals surface area contributed by atoms with Gasteiger partial charge in [0.25, 0.3) is 0 Å². The number of hydrogen-bond acceptors (Lipinski definition) is 5. The molecule has 6 heteroatoms. The highest BCUT2D eigenvalue weighted by Gasteiger charge is 2.19. The van der Waals surface area contributed by atoms with Crippen molar-refractivity contribution in [2.75, 3.05) is 0 Å². The van der Waals surface area contributed by atoms with E-state index in [0.717, 1.165) is 46.6 Å². The molecule has 0 saturated heterocycles. The number of carbonyl (C=O) groups is 1. The zero-order chi connectivity index (χ0) is 17.1. The first-order valence-electron chi connectivity index (χ1n) is 7.83. The Hall–Kier alpha value is -1.79. The molecule has 2 N–H and O–H groups in total. The van der Waals surface area contributed by atoms with E-state index in [0.29, 0.717) is 0 Å². The van der Waals surface area contributed by atoms with Crippen LogP contribution in [0, 0.1) is 0 Å². The highest BCUT2D eigenvalue weighted by Crippen LogP contribution is 2.40. The normalized spacial score (nSPS) is 15.1. The number of phenolic OH excluding ortho intramolecular Hbond substituents is 2. The van der Waals surface area contributed by atoms with E-state index in [-0.39, 0.29) is 17.4 Å². The van der Waals surface area contributed by atoms with E-state index in [4.69, 9.17) is 0 Å². The molecule has 1 heterocycles. The van der Waals surface area contributed by atoms with Crippen molar-refractivity contribution in [3.63, 3.8) is 0 Å². The highest BCUT2D eigenvalue weighted by molar-refractivity contribution is 8.12. The summed E-state index contributed by atoms with van der Waals surface area (Å²) in [6, 6.07) is 10.6. The third-order valence-electron chi connectivity index (χ3n) is 3.85. The molecule has 4 nitrogen and oxygen atoms in total. The lowest BCUT2D eigenvalue weighted by molar-refractivity contribution is -0.120. The van der Waals surface area contributed by atoms with Crippen LogP contribution >= 0.6 is 23.9 Å². The molecule has 0 bridgehead atoms. The van der Waals surface area contributed by atoms with E-state index in [1.54, 1.807) is 34.9 Å². The van der Waals surface area contributed by atoms with Gasteiger partial charge in [-0.1, -0.05) is 0 Å². The second-order valence-electron chi connectivity index (χ2n) is 5.75. The zero-order valence-electron chi connectivity index (χ0n) is 13.4. The average molecular weight is 361 g/mol. The first-order chi connectivity index (χ1) is 11.5. The number of phenols is 2. The third kappa shape index (κ3) is 3.99. The Morgan fingerprint density at radius 3 is 1.79 bits per heavy atom.